The van der Waals surface area contributed by atoms with Gasteiger partial charge in [-0.25, -0.2) is 4.98 Å². The lowest BCUT2D eigenvalue weighted by molar-refractivity contribution is 0.231. The Morgan fingerprint density at radius 2 is 2.00 bits per heavy atom. The van der Waals surface area contributed by atoms with Crippen LogP contribution >= 0.6 is 0 Å². The first kappa shape index (κ1) is 11.4. The van der Waals surface area contributed by atoms with Crippen LogP contribution in [0.3, 0.4) is 0 Å². The van der Waals surface area contributed by atoms with Gasteiger partial charge in [-0.15, -0.1) is 0 Å². The number of pyridine rings is 1. The first-order chi connectivity index (χ1) is 7.54. The van der Waals surface area contributed by atoms with Crippen molar-refractivity contribution in [1.29, 1.82) is 0 Å². The van der Waals surface area contributed by atoms with Crippen molar-refractivity contribution < 1.29 is 4.74 Å². The van der Waals surface area contributed by atoms with Crippen molar-refractivity contribution in [3.05, 3.63) is 23.9 Å². The highest BCUT2D eigenvalue weighted by Gasteiger charge is 2.48. The predicted molar refractivity (Wildman–Crippen MR) is 64.6 cm³/mol. The molecule has 2 rings (SSSR count). The largest absolute Gasteiger partial charge is 0.475 e. The fourth-order valence-corrected chi connectivity index (χ4v) is 2.08. The van der Waals surface area contributed by atoms with Crippen molar-refractivity contribution in [2.75, 3.05) is 0 Å². The summed E-state index contributed by atoms with van der Waals surface area (Å²) in [6, 6.07) is 6.13. The molecule has 0 bridgehead atoms. The van der Waals surface area contributed by atoms with Gasteiger partial charge >= 0.3 is 0 Å². The third-order valence-corrected chi connectivity index (χ3v) is 3.25. The van der Waals surface area contributed by atoms with E-state index < -0.39 is 0 Å². The molecule has 3 nitrogen and oxygen atoms in total. The molecule has 1 heterocycles. The molecule has 0 spiro atoms. The SMILES string of the molecule is CC(C)Oc1cccc(C2(C(C)N)CC2)n1. The van der Waals surface area contributed by atoms with Crippen molar-refractivity contribution in [1.82, 2.24) is 4.98 Å². The molecule has 1 unspecified atom stereocenters. The number of hydrogen-bond donors (Lipinski definition) is 1. The summed E-state index contributed by atoms with van der Waals surface area (Å²) in [6.45, 7) is 6.07. The smallest absolute Gasteiger partial charge is 0.213 e. The standard InChI is InChI=1S/C13H20N2O/c1-9(2)16-12-6-4-5-11(15-12)13(7-8-13)10(3)14/h4-6,9-10H,7-8,14H2,1-3H3. The molecular formula is C13H20N2O. The Hall–Kier alpha value is -1.09. The fourth-order valence-electron chi connectivity index (χ4n) is 2.08. The van der Waals surface area contributed by atoms with Gasteiger partial charge in [-0.3, -0.25) is 0 Å². The molecule has 3 heteroatoms. The summed E-state index contributed by atoms with van der Waals surface area (Å²) in [7, 11) is 0. The summed E-state index contributed by atoms with van der Waals surface area (Å²) in [6.07, 6.45) is 2.44. The second kappa shape index (κ2) is 4.06. The molecule has 0 amide bonds. The third kappa shape index (κ3) is 2.05. The van der Waals surface area contributed by atoms with Crippen LogP contribution in [-0.4, -0.2) is 17.1 Å². The zero-order valence-electron chi connectivity index (χ0n) is 10.2. The number of rotatable bonds is 4. The molecule has 1 atom stereocenters. The summed E-state index contributed by atoms with van der Waals surface area (Å²) in [5, 5.41) is 0. The highest BCUT2D eigenvalue weighted by atomic mass is 16.5. The lowest BCUT2D eigenvalue weighted by Crippen LogP contribution is -2.32. The second-order valence-electron chi connectivity index (χ2n) is 4.97. The Morgan fingerprint density at radius 1 is 1.31 bits per heavy atom. The van der Waals surface area contributed by atoms with Crippen LogP contribution in [0.2, 0.25) is 0 Å². The van der Waals surface area contributed by atoms with Crippen LogP contribution in [0.15, 0.2) is 18.2 Å². The first-order valence-electron chi connectivity index (χ1n) is 5.94. The molecule has 1 aromatic rings. The summed E-state index contributed by atoms with van der Waals surface area (Å²) in [4.78, 5) is 4.57. The molecule has 1 aliphatic carbocycles. The third-order valence-electron chi connectivity index (χ3n) is 3.25. The van der Waals surface area contributed by atoms with Crippen molar-refractivity contribution in [2.24, 2.45) is 5.73 Å². The van der Waals surface area contributed by atoms with E-state index in [2.05, 4.69) is 18.0 Å². The number of hydrogen-bond acceptors (Lipinski definition) is 3. The molecule has 0 saturated heterocycles. The van der Waals surface area contributed by atoms with E-state index in [9.17, 15) is 0 Å². The summed E-state index contributed by atoms with van der Waals surface area (Å²) >= 11 is 0. The topological polar surface area (TPSA) is 48.1 Å². The first-order valence-corrected chi connectivity index (χ1v) is 5.94. The molecule has 1 aliphatic rings. The maximum absolute atomic E-state index is 6.04. The van der Waals surface area contributed by atoms with Gasteiger partial charge in [-0.2, -0.15) is 0 Å². The van der Waals surface area contributed by atoms with Crippen molar-refractivity contribution >= 4 is 0 Å². The van der Waals surface area contributed by atoms with E-state index in [1.54, 1.807) is 0 Å². The van der Waals surface area contributed by atoms with Gasteiger partial charge in [0.2, 0.25) is 5.88 Å². The zero-order valence-corrected chi connectivity index (χ0v) is 10.2. The number of ether oxygens (including phenoxy) is 1. The molecule has 1 fully saturated rings. The molecule has 0 aliphatic heterocycles. The van der Waals surface area contributed by atoms with Gasteiger partial charge in [0.25, 0.3) is 0 Å². The number of aromatic nitrogens is 1. The highest BCUT2D eigenvalue weighted by Crippen LogP contribution is 2.49. The second-order valence-corrected chi connectivity index (χ2v) is 4.97. The quantitative estimate of drug-likeness (QED) is 0.846. The van der Waals surface area contributed by atoms with Gasteiger partial charge in [0.1, 0.15) is 0 Å². The van der Waals surface area contributed by atoms with E-state index in [-0.39, 0.29) is 17.6 Å². The molecular weight excluding hydrogens is 200 g/mol. The average Bonchev–Trinajstić information content (AvgIpc) is 2.97. The summed E-state index contributed by atoms with van der Waals surface area (Å²) in [5.74, 6) is 0.708. The summed E-state index contributed by atoms with van der Waals surface area (Å²) in [5.41, 5.74) is 7.23. The number of nitrogens with two attached hydrogens (primary N) is 1. The van der Waals surface area contributed by atoms with Crippen LogP contribution < -0.4 is 10.5 Å². The summed E-state index contributed by atoms with van der Waals surface area (Å²) < 4.78 is 5.61. The van der Waals surface area contributed by atoms with E-state index in [1.807, 2.05) is 26.0 Å². The maximum atomic E-state index is 6.04. The van der Waals surface area contributed by atoms with Crippen LogP contribution in [0, 0.1) is 0 Å². The molecule has 16 heavy (non-hydrogen) atoms. The van der Waals surface area contributed by atoms with Gasteiger partial charge in [-0.05, 0) is 39.7 Å². The zero-order chi connectivity index (χ0) is 11.8. The van der Waals surface area contributed by atoms with E-state index in [0.29, 0.717) is 5.88 Å². The van der Waals surface area contributed by atoms with E-state index in [1.165, 1.54) is 0 Å². The van der Waals surface area contributed by atoms with Crippen molar-refractivity contribution in [3.63, 3.8) is 0 Å². The Bertz CT molecular complexity index is 370. The van der Waals surface area contributed by atoms with Gasteiger partial charge in [0.05, 0.1) is 11.8 Å². The average molecular weight is 220 g/mol. The van der Waals surface area contributed by atoms with Crippen LogP contribution in [-0.2, 0) is 5.41 Å². The fraction of sp³-hybridized carbons (Fsp3) is 0.615. The Balaban J connectivity index is 2.23. The predicted octanol–water partition coefficient (Wildman–Crippen LogP) is 2.25. The van der Waals surface area contributed by atoms with Crippen LogP contribution in [0.5, 0.6) is 5.88 Å². The van der Waals surface area contributed by atoms with Gasteiger partial charge in [-0.1, -0.05) is 6.07 Å². The molecule has 1 saturated carbocycles. The highest BCUT2D eigenvalue weighted by molar-refractivity contribution is 5.30. The van der Waals surface area contributed by atoms with E-state index >= 15 is 0 Å². The van der Waals surface area contributed by atoms with Crippen LogP contribution in [0.25, 0.3) is 0 Å². The molecule has 88 valence electrons. The van der Waals surface area contributed by atoms with Crippen molar-refractivity contribution in [3.8, 4) is 5.88 Å². The Kier molecular flexibility index (Phi) is 2.89. The lowest BCUT2D eigenvalue weighted by atomic mass is 9.94. The minimum atomic E-state index is 0.107. The molecule has 1 aromatic heterocycles. The number of nitrogens with zero attached hydrogens (tertiary/aromatic N) is 1. The van der Waals surface area contributed by atoms with Gasteiger partial charge in [0.15, 0.2) is 0 Å². The van der Waals surface area contributed by atoms with Crippen LogP contribution in [0.1, 0.15) is 39.3 Å². The minimum absolute atomic E-state index is 0.107. The Labute approximate surface area is 97.0 Å². The van der Waals surface area contributed by atoms with Crippen LogP contribution in [0.4, 0.5) is 0 Å². The molecule has 0 radical (unpaired) electrons. The molecule has 2 N–H and O–H groups in total. The lowest BCUT2D eigenvalue weighted by Gasteiger charge is -2.19. The minimum Gasteiger partial charge on any atom is -0.475 e. The molecule has 0 aromatic carbocycles. The van der Waals surface area contributed by atoms with E-state index in [0.717, 1.165) is 18.5 Å². The van der Waals surface area contributed by atoms with E-state index in [4.69, 9.17) is 10.5 Å². The van der Waals surface area contributed by atoms with Gasteiger partial charge in [0, 0.05) is 17.5 Å². The van der Waals surface area contributed by atoms with Gasteiger partial charge < -0.3 is 10.5 Å². The van der Waals surface area contributed by atoms with Crippen molar-refractivity contribution in [2.45, 2.75) is 51.2 Å². The maximum Gasteiger partial charge on any atom is 0.213 e. The normalized spacial score (nSPS) is 19.6. The Morgan fingerprint density at radius 3 is 2.50 bits per heavy atom. The monoisotopic (exact) mass is 220 g/mol.